The van der Waals surface area contributed by atoms with Gasteiger partial charge >= 0.3 is 0 Å². The molecule has 126 valence electrons. The van der Waals surface area contributed by atoms with Crippen LogP contribution >= 0.6 is 0 Å². The Morgan fingerprint density at radius 1 is 1.00 bits per heavy atom. The second kappa shape index (κ2) is 7.68. The SMILES string of the molecule is O=C(NC(=Cc1ccco1)C(=O)N1CCCCCC1)c1ccco1. The van der Waals surface area contributed by atoms with Gasteiger partial charge in [0.1, 0.15) is 11.5 Å². The number of hydrogen-bond acceptors (Lipinski definition) is 4. The number of likely N-dealkylation sites (tertiary alicyclic amines) is 1. The molecule has 3 heterocycles. The number of rotatable bonds is 4. The van der Waals surface area contributed by atoms with Gasteiger partial charge in [-0.2, -0.15) is 0 Å². The Hall–Kier alpha value is -2.76. The lowest BCUT2D eigenvalue weighted by Gasteiger charge is -2.22. The van der Waals surface area contributed by atoms with Gasteiger partial charge in [-0.25, -0.2) is 0 Å². The molecular formula is C18H20N2O4. The van der Waals surface area contributed by atoms with Crippen LogP contribution in [0.5, 0.6) is 0 Å². The first-order valence-electron chi connectivity index (χ1n) is 8.13. The highest BCUT2D eigenvalue weighted by atomic mass is 16.3. The van der Waals surface area contributed by atoms with Crippen molar-refractivity contribution in [3.63, 3.8) is 0 Å². The van der Waals surface area contributed by atoms with Crippen molar-refractivity contribution in [2.24, 2.45) is 0 Å². The highest BCUT2D eigenvalue weighted by molar-refractivity contribution is 6.04. The van der Waals surface area contributed by atoms with Crippen molar-refractivity contribution in [1.82, 2.24) is 10.2 Å². The zero-order chi connectivity index (χ0) is 16.8. The van der Waals surface area contributed by atoms with Gasteiger partial charge in [0, 0.05) is 19.2 Å². The molecule has 0 aliphatic carbocycles. The summed E-state index contributed by atoms with van der Waals surface area (Å²) in [5, 5.41) is 2.65. The summed E-state index contributed by atoms with van der Waals surface area (Å²) in [7, 11) is 0. The number of nitrogens with zero attached hydrogens (tertiary/aromatic N) is 1. The zero-order valence-electron chi connectivity index (χ0n) is 13.4. The minimum absolute atomic E-state index is 0.156. The molecule has 1 N–H and O–H groups in total. The van der Waals surface area contributed by atoms with E-state index in [0.29, 0.717) is 18.8 Å². The van der Waals surface area contributed by atoms with Crippen LogP contribution < -0.4 is 5.32 Å². The van der Waals surface area contributed by atoms with E-state index in [4.69, 9.17) is 8.83 Å². The van der Waals surface area contributed by atoms with Crippen molar-refractivity contribution >= 4 is 17.9 Å². The summed E-state index contributed by atoms with van der Waals surface area (Å²) in [6.07, 6.45) is 8.70. The zero-order valence-corrected chi connectivity index (χ0v) is 13.4. The normalized spacial score (nSPS) is 15.8. The molecule has 24 heavy (non-hydrogen) atoms. The highest BCUT2D eigenvalue weighted by Crippen LogP contribution is 2.14. The maximum absolute atomic E-state index is 12.9. The molecule has 0 atom stereocenters. The van der Waals surface area contributed by atoms with Crippen molar-refractivity contribution in [1.29, 1.82) is 0 Å². The van der Waals surface area contributed by atoms with Crippen LogP contribution in [0.3, 0.4) is 0 Å². The van der Waals surface area contributed by atoms with Gasteiger partial charge in [0.05, 0.1) is 12.5 Å². The third-order valence-corrected chi connectivity index (χ3v) is 3.95. The first-order valence-corrected chi connectivity index (χ1v) is 8.13. The summed E-state index contributed by atoms with van der Waals surface area (Å²) in [5.41, 5.74) is 0.188. The van der Waals surface area contributed by atoms with E-state index in [0.717, 1.165) is 25.7 Å². The standard InChI is InChI=1S/C18H20N2O4/c21-17(16-8-6-12-24-16)19-15(13-14-7-5-11-23-14)18(22)20-9-3-1-2-4-10-20/h5-8,11-13H,1-4,9-10H2,(H,19,21). The minimum Gasteiger partial charge on any atom is -0.465 e. The van der Waals surface area contributed by atoms with Gasteiger partial charge in [-0.15, -0.1) is 0 Å². The minimum atomic E-state index is -0.457. The predicted molar refractivity (Wildman–Crippen MR) is 87.9 cm³/mol. The van der Waals surface area contributed by atoms with E-state index in [2.05, 4.69) is 5.32 Å². The maximum Gasteiger partial charge on any atom is 0.291 e. The molecule has 0 radical (unpaired) electrons. The lowest BCUT2D eigenvalue weighted by molar-refractivity contribution is -0.127. The summed E-state index contributed by atoms with van der Waals surface area (Å²) in [4.78, 5) is 26.9. The van der Waals surface area contributed by atoms with Crippen molar-refractivity contribution < 1.29 is 18.4 Å². The number of nitrogens with one attached hydrogen (secondary N) is 1. The molecule has 2 aromatic rings. The van der Waals surface area contributed by atoms with Crippen LogP contribution in [-0.4, -0.2) is 29.8 Å². The van der Waals surface area contributed by atoms with E-state index >= 15 is 0 Å². The molecule has 2 amide bonds. The molecule has 6 heteroatoms. The molecule has 1 saturated heterocycles. The highest BCUT2D eigenvalue weighted by Gasteiger charge is 2.22. The molecule has 0 bridgehead atoms. The monoisotopic (exact) mass is 328 g/mol. The number of amides is 2. The fourth-order valence-electron chi connectivity index (χ4n) is 2.70. The Kier molecular flexibility index (Phi) is 5.15. The molecule has 1 aliphatic rings. The van der Waals surface area contributed by atoms with E-state index in [1.54, 1.807) is 35.2 Å². The molecule has 0 spiro atoms. The quantitative estimate of drug-likeness (QED) is 0.875. The Labute approximate surface area is 140 Å². The summed E-state index contributed by atoms with van der Waals surface area (Å²) in [5.74, 6) is 0.00566. The van der Waals surface area contributed by atoms with Crippen LogP contribution in [0.1, 0.15) is 42.0 Å². The van der Waals surface area contributed by atoms with Crippen molar-refractivity contribution in [3.05, 3.63) is 54.0 Å². The van der Waals surface area contributed by atoms with E-state index in [1.165, 1.54) is 12.5 Å². The van der Waals surface area contributed by atoms with Gasteiger partial charge in [-0.05, 0) is 37.1 Å². The first-order chi connectivity index (χ1) is 11.7. The lowest BCUT2D eigenvalue weighted by atomic mass is 10.2. The average molecular weight is 328 g/mol. The number of furan rings is 2. The maximum atomic E-state index is 12.9. The molecule has 1 fully saturated rings. The summed E-state index contributed by atoms with van der Waals surface area (Å²) in [6, 6.07) is 6.64. The Bertz CT molecular complexity index is 693. The first kappa shape index (κ1) is 16.1. The molecule has 0 saturated carbocycles. The molecule has 2 aromatic heterocycles. The van der Waals surface area contributed by atoms with Crippen molar-refractivity contribution in [3.8, 4) is 0 Å². The largest absolute Gasteiger partial charge is 0.465 e. The molecule has 3 rings (SSSR count). The van der Waals surface area contributed by atoms with E-state index in [1.807, 2.05) is 0 Å². The Morgan fingerprint density at radius 3 is 2.33 bits per heavy atom. The van der Waals surface area contributed by atoms with Crippen LogP contribution in [0.15, 0.2) is 51.3 Å². The van der Waals surface area contributed by atoms with E-state index in [-0.39, 0.29) is 17.4 Å². The van der Waals surface area contributed by atoms with Crippen LogP contribution in [0.25, 0.3) is 6.08 Å². The van der Waals surface area contributed by atoms with Crippen molar-refractivity contribution in [2.75, 3.05) is 13.1 Å². The van der Waals surface area contributed by atoms with Gasteiger partial charge < -0.3 is 19.1 Å². The second-order valence-corrected chi connectivity index (χ2v) is 5.71. The predicted octanol–water partition coefficient (Wildman–Crippen LogP) is 3.05. The molecular weight excluding hydrogens is 308 g/mol. The van der Waals surface area contributed by atoms with Gasteiger partial charge in [-0.3, -0.25) is 9.59 Å². The number of carbonyl (C=O) groups is 2. The van der Waals surface area contributed by atoms with Crippen LogP contribution in [0.4, 0.5) is 0 Å². The average Bonchev–Trinajstić information content (AvgIpc) is 3.23. The molecule has 0 unspecified atom stereocenters. The second-order valence-electron chi connectivity index (χ2n) is 5.71. The van der Waals surface area contributed by atoms with Crippen LogP contribution in [-0.2, 0) is 4.79 Å². The Morgan fingerprint density at radius 2 is 1.71 bits per heavy atom. The number of hydrogen-bond donors (Lipinski definition) is 1. The van der Waals surface area contributed by atoms with E-state index in [9.17, 15) is 9.59 Å². The molecule has 0 aromatic carbocycles. The van der Waals surface area contributed by atoms with Gasteiger partial charge in [0.25, 0.3) is 11.8 Å². The van der Waals surface area contributed by atoms with Crippen LogP contribution in [0.2, 0.25) is 0 Å². The summed E-state index contributed by atoms with van der Waals surface area (Å²) < 4.78 is 10.4. The lowest BCUT2D eigenvalue weighted by Crippen LogP contribution is -2.38. The molecule has 1 aliphatic heterocycles. The molecule has 6 nitrogen and oxygen atoms in total. The fourth-order valence-corrected chi connectivity index (χ4v) is 2.70. The van der Waals surface area contributed by atoms with Gasteiger partial charge in [0.2, 0.25) is 0 Å². The third kappa shape index (κ3) is 3.95. The summed E-state index contributed by atoms with van der Waals surface area (Å²) in [6.45, 7) is 1.40. The van der Waals surface area contributed by atoms with Crippen molar-refractivity contribution in [2.45, 2.75) is 25.7 Å². The topological polar surface area (TPSA) is 75.7 Å². The smallest absolute Gasteiger partial charge is 0.291 e. The Balaban J connectivity index is 1.81. The summed E-state index contributed by atoms with van der Waals surface area (Å²) >= 11 is 0. The number of carbonyl (C=O) groups excluding carboxylic acids is 2. The third-order valence-electron chi connectivity index (χ3n) is 3.95. The van der Waals surface area contributed by atoms with Gasteiger partial charge in [0.15, 0.2) is 5.76 Å². The van der Waals surface area contributed by atoms with Gasteiger partial charge in [-0.1, -0.05) is 12.8 Å². The van der Waals surface area contributed by atoms with Crippen LogP contribution in [0, 0.1) is 0 Å². The fraction of sp³-hybridized carbons (Fsp3) is 0.333. The van der Waals surface area contributed by atoms with E-state index < -0.39 is 5.91 Å².